The number of para-hydroxylation sites is 1. The molecular formula is C10H12BrFO3. The number of ether oxygens (including phenoxy) is 1. The molecule has 0 saturated heterocycles. The van der Waals surface area contributed by atoms with Crippen LogP contribution in [0, 0.1) is 5.82 Å². The second-order valence-corrected chi connectivity index (χ2v) is 3.68. The Morgan fingerprint density at radius 1 is 1.47 bits per heavy atom. The zero-order valence-electron chi connectivity index (χ0n) is 8.15. The molecule has 2 atom stereocenters. The van der Waals surface area contributed by atoms with Crippen LogP contribution in [-0.4, -0.2) is 28.8 Å². The molecular weight excluding hydrogens is 267 g/mol. The van der Waals surface area contributed by atoms with Gasteiger partial charge < -0.3 is 14.9 Å². The maximum absolute atomic E-state index is 13.2. The first-order valence-corrected chi connectivity index (χ1v) is 5.48. The van der Waals surface area contributed by atoms with Gasteiger partial charge >= 0.3 is 0 Å². The summed E-state index contributed by atoms with van der Waals surface area (Å²) in [6.45, 7) is 0. The Hall–Kier alpha value is -0.650. The highest BCUT2D eigenvalue weighted by Gasteiger charge is 2.22. The second kappa shape index (κ2) is 5.44. The number of rotatable bonds is 4. The van der Waals surface area contributed by atoms with E-state index in [2.05, 4.69) is 15.9 Å². The Kier molecular flexibility index (Phi) is 4.50. The molecule has 0 heterocycles. The van der Waals surface area contributed by atoms with Gasteiger partial charge in [0.1, 0.15) is 6.10 Å². The van der Waals surface area contributed by atoms with Crippen molar-refractivity contribution < 1.29 is 19.3 Å². The van der Waals surface area contributed by atoms with Crippen molar-refractivity contribution in [1.29, 1.82) is 0 Å². The van der Waals surface area contributed by atoms with Crippen LogP contribution in [0.15, 0.2) is 18.2 Å². The zero-order valence-corrected chi connectivity index (χ0v) is 9.74. The van der Waals surface area contributed by atoms with Gasteiger partial charge in [-0.3, -0.25) is 0 Å². The van der Waals surface area contributed by atoms with Gasteiger partial charge in [0.25, 0.3) is 0 Å². The molecule has 0 aromatic heterocycles. The van der Waals surface area contributed by atoms with E-state index in [-0.39, 0.29) is 16.6 Å². The van der Waals surface area contributed by atoms with Gasteiger partial charge in [-0.25, -0.2) is 4.39 Å². The van der Waals surface area contributed by atoms with Crippen LogP contribution in [0.1, 0.15) is 11.7 Å². The van der Waals surface area contributed by atoms with E-state index < -0.39 is 18.0 Å². The molecule has 1 aromatic rings. The molecule has 0 bridgehead atoms. The molecule has 3 nitrogen and oxygen atoms in total. The van der Waals surface area contributed by atoms with Crippen LogP contribution in [0.5, 0.6) is 5.75 Å². The molecule has 1 aromatic carbocycles. The van der Waals surface area contributed by atoms with E-state index in [4.69, 9.17) is 4.74 Å². The lowest BCUT2D eigenvalue weighted by Gasteiger charge is -2.18. The van der Waals surface area contributed by atoms with E-state index in [1.54, 1.807) is 0 Å². The molecule has 0 fully saturated rings. The van der Waals surface area contributed by atoms with Crippen molar-refractivity contribution in [3.63, 3.8) is 0 Å². The number of benzene rings is 1. The van der Waals surface area contributed by atoms with E-state index in [1.165, 1.54) is 25.3 Å². The number of hydrogen-bond donors (Lipinski definition) is 2. The van der Waals surface area contributed by atoms with Crippen LogP contribution in [0.2, 0.25) is 0 Å². The van der Waals surface area contributed by atoms with Crippen molar-refractivity contribution in [3.05, 3.63) is 29.6 Å². The van der Waals surface area contributed by atoms with Crippen molar-refractivity contribution in [2.24, 2.45) is 0 Å². The summed E-state index contributed by atoms with van der Waals surface area (Å²) >= 11 is 3.03. The summed E-state index contributed by atoms with van der Waals surface area (Å²) in [5.41, 5.74) is 0.240. The van der Waals surface area contributed by atoms with E-state index in [0.717, 1.165) is 0 Å². The fourth-order valence-electron chi connectivity index (χ4n) is 1.27. The summed E-state index contributed by atoms with van der Waals surface area (Å²) in [4.78, 5) is 0. The van der Waals surface area contributed by atoms with Gasteiger partial charge in [0, 0.05) is 10.9 Å². The minimum atomic E-state index is -1.17. The maximum Gasteiger partial charge on any atom is 0.165 e. The van der Waals surface area contributed by atoms with Crippen molar-refractivity contribution >= 4 is 15.9 Å². The molecule has 2 unspecified atom stereocenters. The van der Waals surface area contributed by atoms with Gasteiger partial charge in [-0.1, -0.05) is 28.1 Å². The molecule has 0 radical (unpaired) electrons. The molecule has 0 aliphatic rings. The van der Waals surface area contributed by atoms with Crippen LogP contribution in [0.25, 0.3) is 0 Å². The number of halogens is 2. The third kappa shape index (κ3) is 2.68. The Morgan fingerprint density at radius 2 is 2.13 bits per heavy atom. The molecule has 0 aliphatic heterocycles. The second-order valence-electron chi connectivity index (χ2n) is 3.03. The first-order chi connectivity index (χ1) is 7.11. The van der Waals surface area contributed by atoms with Crippen LogP contribution < -0.4 is 4.74 Å². The smallest absolute Gasteiger partial charge is 0.165 e. The normalized spacial score (nSPS) is 14.7. The first kappa shape index (κ1) is 12.4. The summed E-state index contributed by atoms with van der Waals surface area (Å²) in [6.07, 6.45) is -2.17. The lowest BCUT2D eigenvalue weighted by molar-refractivity contribution is 0.0324. The summed E-state index contributed by atoms with van der Waals surface area (Å²) in [6, 6.07) is 4.20. The van der Waals surface area contributed by atoms with Crippen molar-refractivity contribution in [2.45, 2.75) is 12.2 Å². The number of aliphatic hydroxyl groups is 2. The largest absolute Gasteiger partial charge is 0.493 e. The molecule has 84 valence electrons. The average Bonchev–Trinajstić information content (AvgIpc) is 2.26. The van der Waals surface area contributed by atoms with Crippen molar-refractivity contribution in [2.75, 3.05) is 12.4 Å². The fourth-order valence-corrected chi connectivity index (χ4v) is 1.62. The Labute approximate surface area is 95.6 Å². The lowest BCUT2D eigenvalue weighted by Crippen LogP contribution is -2.20. The average molecular weight is 279 g/mol. The standard InChI is InChI=1S/C10H12BrFO3/c1-15-10-6(3-2-4-7(10)12)9(14)8(13)5-11/h2-4,8-9,13-14H,5H2,1H3. The molecule has 15 heavy (non-hydrogen) atoms. The molecule has 0 spiro atoms. The lowest BCUT2D eigenvalue weighted by atomic mass is 10.0. The Balaban J connectivity index is 3.07. The molecule has 0 aliphatic carbocycles. The topological polar surface area (TPSA) is 49.7 Å². The SMILES string of the molecule is COc1c(F)cccc1C(O)C(O)CBr. The van der Waals surface area contributed by atoms with Crippen LogP contribution in [0.3, 0.4) is 0 Å². The number of aliphatic hydroxyl groups excluding tert-OH is 2. The van der Waals surface area contributed by atoms with Gasteiger partial charge in [0.05, 0.1) is 13.2 Å². The van der Waals surface area contributed by atoms with Crippen LogP contribution in [-0.2, 0) is 0 Å². The van der Waals surface area contributed by atoms with E-state index in [0.29, 0.717) is 0 Å². The summed E-state index contributed by atoms with van der Waals surface area (Å²) < 4.78 is 18.1. The van der Waals surface area contributed by atoms with Crippen molar-refractivity contribution in [1.82, 2.24) is 0 Å². The predicted octanol–water partition coefficient (Wildman–Crippen LogP) is 1.62. The van der Waals surface area contributed by atoms with Gasteiger partial charge in [-0.2, -0.15) is 0 Å². The minimum absolute atomic E-state index is 0.0370. The summed E-state index contributed by atoms with van der Waals surface area (Å²) in [5.74, 6) is -0.596. The fraction of sp³-hybridized carbons (Fsp3) is 0.400. The van der Waals surface area contributed by atoms with Crippen LogP contribution >= 0.6 is 15.9 Å². The van der Waals surface area contributed by atoms with Crippen molar-refractivity contribution in [3.8, 4) is 5.75 Å². The number of alkyl halides is 1. The van der Waals surface area contributed by atoms with Gasteiger partial charge in [-0.05, 0) is 6.07 Å². The first-order valence-electron chi connectivity index (χ1n) is 4.36. The summed E-state index contributed by atoms with van der Waals surface area (Å²) in [5, 5.41) is 19.3. The predicted molar refractivity (Wildman–Crippen MR) is 57.7 cm³/mol. The quantitative estimate of drug-likeness (QED) is 0.823. The monoisotopic (exact) mass is 278 g/mol. The van der Waals surface area contributed by atoms with E-state index >= 15 is 0 Å². The molecule has 0 saturated carbocycles. The highest BCUT2D eigenvalue weighted by atomic mass is 79.9. The van der Waals surface area contributed by atoms with E-state index in [1.807, 2.05) is 0 Å². The molecule has 0 amide bonds. The third-order valence-electron chi connectivity index (χ3n) is 2.04. The van der Waals surface area contributed by atoms with Gasteiger partial charge in [0.15, 0.2) is 11.6 Å². The highest BCUT2D eigenvalue weighted by Crippen LogP contribution is 2.30. The van der Waals surface area contributed by atoms with E-state index in [9.17, 15) is 14.6 Å². The maximum atomic E-state index is 13.2. The highest BCUT2D eigenvalue weighted by molar-refractivity contribution is 9.09. The Morgan fingerprint density at radius 3 is 2.67 bits per heavy atom. The Bertz CT molecular complexity index is 332. The molecule has 2 N–H and O–H groups in total. The third-order valence-corrected chi connectivity index (χ3v) is 2.71. The zero-order chi connectivity index (χ0) is 11.4. The number of hydrogen-bond acceptors (Lipinski definition) is 3. The van der Waals surface area contributed by atoms with Crippen LogP contribution in [0.4, 0.5) is 4.39 Å². The van der Waals surface area contributed by atoms with Gasteiger partial charge in [0.2, 0.25) is 0 Å². The minimum Gasteiger partial charge on any atom is -0.493 e. The molecule has 5 heteroatoms. The molecule has 1 rings (SSSR count). The number of methoxy groups -OCH3 is 1. The summed E-state index contributed by atoms with van der Waals surface area (Å²) in [7, 11) is 1.31. The van der Waals surface area contributed by atoms with Gasteiger partial charge in [-0.15, -0.1) is 0 Å².